The maximum atomic E-state index is 11.5. The van der Waals surface area contributed by atoms with Crippen LogP contribution in [0.3, 0.4) is 0 Å². The Hall–Kier alpha value is -1.77. The van der Waals surface area contributed by atoms with Gasteiger partial charge in [-0.25, -0.2) is 4.79 Å². The third kappa shape index (κ3) is 1.86. The van der Waals surface area contributed by atoms with Crippen LogP contribution in [0.15, 0.2) is 39.5 Å². The van der Waals surface area contributed by atoms with Crippen molar-refractivity contribution >= 4 is 0 Å². The van der Waals surface area contributed by atoms with Crippen molar-refractivity contribution in [1.29, 1.82) is 0 Å². The van der Waals surface area contributed by atoms with E-state index in [4.69, 9.17) is 4.42 Å². The second-order valence-electron chi connectivity index (χ2n) is 3.58. The van der Waals surface area contributed by atoms with Crippen molar-refractivity contribution in [2.24, 2.45) is 0 Å². The van der Waals surface area contributed by atoms with Gasteiger partial charge in [0.1, 0.15) is 5.76 Å². The summed E-state index contributed by atoms with van der Waals surface area (Å²) < 4.78 is 6.67. The van der Waals surface area contributed by atoms with Crippen molar-refractivity contribution in [3.05, 3.63) is 57.9 Å². The van der Waals surface area contributed by atoms with Crippen molar-refractivity contribution in [3.63, 3.8) is 0 Å². The highest BCUT2D eigenvalue weighted by Crippen LogP contribution is 2.07. The molecule has 0 atom stereocenters. The third-order valence-electron chi connectivity index (χ3n) is 2.56. The summed E-state index contributed by atoms with van der Waals surface area (Å²) in [5.74, 6) is 0.407. The standard InChI is InChI=1S/C12H13NO2/c1-9-10(2)15-12(14)13(9)8-11-6-4-3-5-7-11/h3-7H,8H2,1-2H3. The molecule has 78 valence electrons. The molecule has 3 heteroatoms. The van der Waals surface area contributed by atoms with Crippen LogP contribution in [0.2, 0.25) is 0 Å². The van der Waals surface area contributed by atoms with Gasteiger partial charge in [0.2, 0.25) is 0 Å². The van der Waals surface area contributed by atoms with E-state index in [-0.39, 0.29) is 5.76 Å². The fourth-order valence-corrected chi connectivity index (χ4v) is 1.54. The Labute approximate surface area is 88.0 Å². The molecule has 0 aliphatic carbocycles. The Bertz CT molecular complexity index is 508. The van der Waals surface area contributed by atoms with E-state index in [2.05, 4.69) is 0 Å². The minimum atomic E-state index is -0.283. The van der Waals surface area contributed by atoms with Gasteiger partial charge in [-0.15, -0.1) is 0 Å². The van der Waals surface area contributed by atoms with Gasteiger partial charge >= 0.3 is 5.76 Å². The van der Waals surface area contributed by atoms with Crippen LogP contribution in [0.4, 0.5) is 0 Å². The molecule has 0 aliphatic rings. The zero-order chi connectivity index (χ0) is 10.8. The van der Waals surface area contributed by atoms with Crippen LogP contribution >= 0.6 is 0 Å². The van der Waals surface area contributed by atoms with Crippen molar-refractivity contribution < 1.29 is 4.42 Å². The summed E-state index contributed by atoms with van der Waals surface area (Å²) in [4.78, 5) is 11.5. The molecule has 0 radical (unpaired) electrons. The molecule has 0 saturated carbocycles. The van der Waals surface area contributed by atoms with Gasteiger partial charge in [-0.2, -0.15) is 0 Å². The van der Waals surface area contributed by atoms with Crippen LogP contribution in [-0.2, 0) is 6.54 Å². The van der Waals surface area contributed by atoms with Gasteiger partial charge in [-0.1, -0.05) is 30.3 Å². The Morgan fingerprint density at radius 1 is 1.20 bits per heavy atom. The summed E-state index contributed by atoms with van der Waals surface area (Å²) in [5, 5.41) is 0. The number of aryl methyl sites for hydroxylation is 1. The molecule has 2 rings (SSSR count). The quantitative estimate of drug-likeness (QED) is 0.749. The van der Waals surface area contributed by atoms with Gasteiger partial charge in [0.05, 0.1) is 12.2 Å². The second-order valence-corrected chi connectivity index (χ2v) is 3.58. The average Bonchev–Trinajstić information content (AvgIpc) is 2.47. The van der Waals surface area contributed by atoms with Gasteiger partial charge < -0.3 is 4.42 Å². The van der Waals surface area contributed by atoms with Crippen LogP contribution in [-0.4, -0.2) is 4.57 Å². The smallest absolute Gasteiger partial charge is 0.413 e. The van der Waals surface area contributed by atoms with E-state index in [1.54, 1.807) is 11.5 Å². The normalized spacial score (nSPS) is 10.5. The Morgan fingerprint density at radius 3 is 2.40 bits per heavy atom. The van der Waals surface area contributed by atoms with Crippen LogP contribution in [0.1, 0.15) is 17.0 Å². The predicted molar refractivity (Wildman–Crippen MR) is 58.0 cm³/mol. The highest BCUT2D eigenvalue weighted by molar-refractivity contribution is 5.16. The second kappa shape index (κ2) is 3.77. The molecule has 0 amide bonds. The summed E-state index contributed by atoms with van der Waals surface area (Å²) in [5.41, 5.74) is 1.99. The highest BCUT2D eigenvalue weighted by Gasteiger charge is 2.08. The van der Waals surface area contributed by atoms with Gasteiger partial charge in [0, 0.05) is 0 Å². The molecule has 2 aromatic rings. The van der Waals surface area contributed by atoms with E-state index in [1.165, 1.54) is 0 Å². The van der Waals surface area contributed by atoms with Crippen LogP contribution in [0.5, 0.6) is 0 Å². The molecule has 1 heterocycles. The predicted octanol–water partition coefficient (Wildman–Crippen LogP) is 2.11. The van der Waals surface area contributed by atoms with E-state index >= 15 is 0 Å². The number of aromatic nitrogens is 1. The van der Waals surface area contributed by atoms with Crippen molar-refractivity contribution in [2.75, 3.05) is 0 Å². The highest BCUT2D eigenvalue weighted by atomic mass is 16.4. The fourth-order valence-electron chi connectivity index (χ4n) is 1.54. The number of rotatable bonds is 2. The fraction of sp³-hybridized carbons (Fsp3) is 0.250. The number of benzene rings is 1. The topological polar surface area (TPSA) is 35.1 Å². The summed E-state index contributed by atoms with van der Waals surface area (Å²) >= 11 is 0. The van der Waals surface area contributed by atoms with Crippen molar-refractivity contribution in [2.45, 2.75) is 20.4 Å². The van der Waals surface area contributed by atoms with E-state index < -0.39 is 0 Å². The van der Waals surface area contributed by atoms with E-state index in [0.717, 1.165) is 11.3 Å². The zero-order valence-corrected chi connectivity index (χ0v) is 8.86. The Balaban J connectivity index is 2.37. The summed E-state index contributed by atoms with van der Waals surface area (Å²) in [6.07, 6.45) is 0. The number of oxazole rings is 1. The number of hydrogen-bond donors (Lipinski definition) is 0. The molecule has 0 aliphatic heterocycles. The first-order valence-corrected chi connectivity index (χ1v) is 4.89. The molecule has 0 spiro atoms. The lowest BCUT2D eigenvalue weighted by molar-refractivity contribution is 0.466. The minimum Gasteiger partial charge on any atom is -0.413 e. The van der Waals surface area contributed by atoms with E-state index in [1.807, 2.05) is 37.3 Å². The molecule has 0 N–H and O–H groups in total. The van der Waals surface area contributed by atoms with Gasteiger partial charge in [-0.3, -0.25) is 4.57 Å². The lowest BCUT2D eigenvalue weighted by Gasteiger charge is -2.02. The lowest BCUT2D eigenvalue weighted by atomic mass is 10.2. The lowest BCUT2D eigenvalue weighted by Crippen LogP contribution is -2.16. The summed E-state index contributed by atoms with van der Waals surface area (Å²) in [6, 6.07) is 9.87. The molecule has 0 bridgehead atoms. The SMILES string of the molecule is Cc1oc(=O)n(Cc2ccccc2)c1C. The average molecular weight is 203 g/mol. The maximum Gasteiger partial charge on any atom is 0.419 e. The summed E-state index contributed by atoms with van der Waals surface area (Å²) in [6.45, 7) is 4.27. The largest absolute Gasteiger partial charge is 0.419 e. The number of nitrogens with zero attached hydrogens (tertiary/aromatic N) is 1. The van der Waals surface area contributed by atoms with E-state index in [0.29, 0.717) is 12.3 Å². The monoisotopic (exact) mass is 203 g/mol. The zero-order valence-electron chi connectivity index (χ0n) is 8.86. The van der Waals surface area contributed by atoms with E-state index in [9.17, 15) is 4.79 Å². The first-order valence-electron chi connectivity index (χ1n) is 4.89. The molecular weight excluding hydrogens is 190 g/mol. The van der Waals surface area contributed by atoms with Crippen LogP contribution < -0.4 is 5.76 Å². The molecular formula is C12H13NO2. The number of hydrogen-bond acceptors (Lipinski definition) is 2. The Morgan fingerprint density at radius 2 is 1.87 bits per heavy atom. The summed E-state index contributed by atoms with van der Waals surface area (Å²) in [7, 11) is 0. The molecule has 1 aromatic carbocycles. The van der Waals surface area contributed by atoms with Gasteiger partial charge in [0.15, 0.2) is 0 Å². The first kappa shape index (κ1) is 9.77. The first-order chi connectivity index (χ1) is 7.18. The van der Waals surface area contributed by atoms with Crippen molar-refractivity contribution in [3.8, 4) is 0 Å². The van der Waals surface area contributed by atoms with Gasteiger partial charge in [0.25, 0.3) is 0 Å². The molecule has 0 saturated heterocycles. The van der Waals surface area contributed by atoms with Gasteiger partial charge in [-0.05, 0) is 19.4 Å². The van der Waals surface area contributed by atoms with Crippen LogP contribution in [0, 0.1) is 13.8 Å². The Kier molecular flexibility index (Phi) is 2.46. The molecule has 3 nitrogen and oxygen atoms in total. The minimum absolute atomic E-state index is 0.283. The van der Waals surface area contributed by atoms with Crippen LogP contribution in [0.25, 0.3) is 0 Å². The molecule has 0 fully saturated rings. The van der Waals surface area contributed by atoms with Crippen molar-refractivity contribution in [1.82, 2.24) is 4.57 Å². The molecule has 15 heavy (non-hydrogen) atoms. The molecule has 1 aromatic heterocycles. The maximum absolute atomic E-state index is 11.5. The third-order valence-corrected chi connectivity index (χ3v) is 2.56. The molecule has 0 unspecified atom stereocenters.